The topological polar surface area (TPSA) is 24.9 Å². The van der Waals surface area contributed by atoms with Crippen molar-refractivity contribution in [2.75, 3.05) is 6.54 Å². The van der Waals surface area contributed by atoms with Gasteiger partial charge in [-0.1, -0.05) is 20.8 Å². The molecule has 0 aliphatic carbocycles. The molecule has 0 spiro atoms. The average Bonchev–Trinajstić information content (AvgIpc) is 2.38. The second-order valence-electron chi connectivity index (χ2n) is 4.69. The van der Waals surface area contributed by atoms with E-state index in [0.717, 1.165) is 25.5 Å². The summed E-state index contributed by atoms with van der Waals surface area (Å²) in [5.41, 5.74) is -0.496. The molecule has 2 atom stereocenters. The zero-order chi connectivity index (χ0) is 14.5. The van der Waals surface area contributed by atoms with Crippen LogP contribution in [0.4, 0.5) is 13.2 Å². The first kappa shape index (κ1) is 16.0. The first-order valence-electron chi connectivity index (χ1n) is 6.67. The SMILES string of the molecule is CCCNC(CC)C(C)c1ncccc1C(F)(F)F. The second kappa shape index (κ2) is 6.89. The number of hydrogen-bond acceptors (Lipinski definition) is 2. The third-order valence-corrected chi connectivity index (χ3v) is 3.28. The highest BCUT2D eigenvalue weighted by Gasteiger charge is 2.36. The van der Waals surface area contributed by atoms with Gasteiger partial charge in [0, 0.05) is 18.2 Å². The van der Waals surface area contributed by atoms with Crippen LogP contribution in [0.5, 0.6) is 0 Å². The van der Waals surface area contributed by atoms with Crippen LogP contribution in [0.2, 0.25) is 0 Å². The summed E-state index contributed by atoms with van der Waals surface area (Å²) in [6.45, 7) is 6.61. The number of rotatable bonds is 6. The first-order valence-corrected chi connectivity index (χ1v) is 6.67. The van der Waals surface area contributed by atoms with Crippen molar-refractivity contribution < 1.29 is 13.2 Å². The molecule has 1 aromatic rings. The Morgan fingerprint density at radius 3 is 2.53 bits per heavy atom. The standard InChI is InChI=1S/C14H21F3N2/c1-4-8-18-12(5-2)10(3)13-11(14(15,16)17)7-6-9-19-13/h6-7,9-10,12,18H,4-5,8H2,1-3H3. The van der Waals surface area contributed by atoms with Crippen LogP contribution in [0.25, 0.3) is 0 Å². The minimum atomic E-state index is -4.35. The van der Waals surface area contributed by atoms with Crippen molar-refractivity contribution in [3.8, 4) is 0 Å². The number of halogens is 3. The van der Waals surface area contributed by atoms with Gasteiger partial charge >= 0.3 is 6.18 Å². The number of pyridine rings is 1. The Labute approximate surface area is 112 Å². The molecule has 0 saturated heterocycles. The maximum Gasteiger partial charge on any atom is 0.418 e. The summed E-state index contributed by atoms with van der Waals surface area (Å²) in [7, 11) is 0. The third-order valence-electron chi connectivity index (χ3n) is 3.28. The number of aromatic nitrogens is 1. The fraction of sp³-hybridized carbons (Fsp3) is 0.643. The van der Waals surface area contributed by atoms with Gasteiger partial charge in [0.2, 0.25) is 0 Å². The van der Waals surface area contributed by atoms with Gasteiger partial charge in [0.05, 0.1) is 11.3 Å². The molecule has 1 heterocycles. The van der Waals surface area contributed by atoms with E-state index in [0.29, 0.717) is 0 Å². The van der Waals surface area contributed by atoms with Crippen LogP contribution in [-0.4, -0.2) is 17.6 Å². The Morgan fingerprint density at radius 2 is 2.00 bits per heavy atom. The van der Waals surface area contributed by atoms with Gasteiger partial charge in [-0.25, -0.2) is 0 Å². The van der Waals surface area contributed by atoms with Crippen molar-refractivity contribution in [1.82, 2.24) is 10.3 Å². The molecule has 1 rings (SSSR count). The van der Waals surface area contributed by atoms with E-state index in [2.05, 4.69) is 10.3 Å². The van der Waals surface area contributed by atoms with Crippen LogP contribution < -0.4 is 5.32 Å². The largest absolute Gasteiger partial charge is 0.418 e. The Bertz CT molecular complexity index is 391. The highest BCUT2D eigenvalue weighted by molar-refractivity contribution is 5.27. The predicted molar refractivity (Wildman–Crippen MR) is 70.0 cm³/mol. The van der Waals surface area contributed by atoms with Gasteiger partial charge in [0.25, 0.3) is 0 Å². The van der Waals surface area contributed by atoms with Crippen LogP contribution >= 0.6 is 0 Å². The summed E-state index contributed by atoms with van der Waals surface area (Å²) in [5.74, 6) is -0.269. The Morgan fingerprint density at radius 1 is 1.32 bits per heavy atom. The molecule has 0 bridgehead atoms. The number of alkyl halides is 3. The molecule has 0 aromatic carbocycles. The van der Waals surface area contributed by atoms with Crippen molar-refractivity contribution in [2.45, 2.75) is 51.7 Å². The summed E-state index contributed by atoms with van der Waals surface area (Å²) in [6.07, 6.45) is -1.19. The van der Waals surface area contributed by atoms with Gasteiger partial charge in [-0.2, -0.15) is 13.2 Å². The summed E-state index contributed by atoms with van der Waals surface area (Å²) in [6, 6.07) is 2.45. The highest BCUT2D eigenvalue weighted by atomic mass is 19.4. The Hall–Kier alpha value is -1.10. The van der Waals surface area contributed by atoms with Crippen LogP contribution in [0.3, 0.4) is 0 Å². The zero-order valence-electron chi connectivity index (χ0n) is 11.6. The molecule has 0 amide bonds. The van der Waals surface area contributed by atoms with E-state index >= 15 is 0 Å². The molecule has 0 aliphatic rings. The van der Waals surface area contributed by atoms with Gasteiger partial charge in [0.1, 0.15) is 0 Å². The molecule has 0 saturated carbocycles. The maximum absolute atomic E-state index is 13.0. The van der Waals surface area contributed by atoms with Gasteiger partial charge in [-0.3, -0.25) is 4.98 Å². The molecule has 0 fully saturated rings. The van der Waals surface area contributed by atoms with Gasteiger partial charge in [-0.15, -0.1) is 0 Å². The second-order valence-corrected chi connectivity index (χ2v) is 4.69. The molecule has 5 heteroatoms. The number of hydrogen-bond donors (Lipinski definition) is 1. The van der Waals surface area contributed by atoms with Crippen LogP contribution in [-0.2, 0) is 6.18 Å². The molecule has 0 aliphatic heterocycles. The molecular weight excluding hydrogens is 253 g/mol. The van der Waals surface area contributed by atoms with Crippen molar-refractivity contribution in [1.29, 1.82) is 0 Å². The lowest BCUT2D eigenvalue weighted by Gasteiger charge is -2.25. The average molecular weight is 274 g/mol. The van der Waals surface area contributed by atoms with Crippen molar-refractivity contribution in [3.63, 3.8) is 0 Å². The van der Waals surface area contributed by atoms with E-state index in [9.17, 15) is 13.2 Å². The lowest BCUT2D eigenvalue weighted by molar-refractivity contribution is -0.138. The molecule has 108 valence electrons. The summed E-state index contributed by atoms with van der Waals surface area (Å²) < 4.78 is 38.9. The van der Waals surface area contributed by atoms with E-state index in [-0.39, 0.29) is 17.7 Å². The number of nitrogens with zero attached hydrogens (tertiary/aromatic N) is 1. The zero-order valence-corrected chi connectivity index (χ0v) is 11.6. The predicted octanol–water partition coefficient (Wildman–Crippen LogP) is 3.98. The van der Waals surface area contributed by atoms with Crippen LogP contribution in [0, 0.1) is 0 Å². The molecule has 0 radical (unpaired) electrons. The van der Waals surface area contributed by atoms with Gasteiger partial charge in [0.15, 0.2) is 0 Å². The summed E-state index contributed by atoms with van der Waals surface area (Å²) in [5, 5.41) is 3.29. The van der Waals surface area contributed by atoms with Crippen LogP contribution in [0.1, 0.15) is 50.8 Å². The molecular formula is C14H21F3N2. The fourth-order valence-corrected chi connectivity index (χ4v) is 2.22. The minimum absolute atomic E-state index is 0.0101. The minimum Gasteiger partial charge on any atom is -0.313 e. The third kappa shape index (κ3) is 4.20. The Balaban J connectivity index is 3.01. The van der Waals surface area contributed by atoms with Crippen molar-refractivity contribution >= 4 is 0 Å². The molecule has 19 heavy (non-hydrogen) atoms. The quantitative estimate of drug-likeness (QED) is 0.848. The highest BCUT2D eigenvalue weighted by Crippen LogP contribution is 2.35. The van der Waals surface area contributed by atoms with Gasteiger partial charge in [-0.05, 0) is 31.5 Å². The summed E-state index contributed by atoms with van der Waals surface area (Å²) in [4.78, 5) is 3.96. The van der Waals surface area contributed by atoms with E-state index in [1.54, 1.807) is 6.92 Å². The van der Waals surface area contributed by atoms with Crippen LogP contribution in [0.15, 0.2) is 18.3 Å². The Kier molecular flexibility index (Phi) is 5.79. The van der Waals surface area contributed by atoms with E-state index < -0.39 is 11.7 Å². The normalized spacial score (nSPS) is 15.3. The molecule has 1 aromatic heterocycles. The van der Waals surface area contributed by atoms with Crippen molar-refractivity contribution in [3.05, 3.63) is 29.6 Å². The van der Waals surface area contributed by atoms with Gasteiger partial charge < -0.3 is 5.32 Å². The lowest BCUT2D eigenvalue weighted by atomic mass is 9.92. The molecule has 2 nitrogen and oxygen atoms in total. The first-order chi connectivity index (χ1) is 8.91. The number of nitrogens with one attached hydrogen (secondary N) is 1. The lowest BCUT2D eigenvalue weighted by Crippen LogP contribution is -2.35. The smallest absolute Gasteiger partial charge is 0.313 e. The van der Waals surface area contributed by atoms with E-state index in [1.807, 2.05) is 13.8 Å². The molecule has 1 N–H and O–H groups in total. The van der Waals surface area contributed by atoms with Crippen molar-refractivity contribution in [2.24, 2.45) is 0 Å². The fourth-order valence-electron chi connectivity index (χ4n) is 2.22. The monoisotopic (exact) mass is 274 g/mol. The summed E-state index contributed by atoms with van der Waals surface area (Å²) >= 11 is 0. The van der Waals surface area contributed by atoms with E-state index in [1.165, 1.54) is 12.3 Å². The molecule has 2 unspecified atom stereocenters. The van der Waals surface area contributed by atoms with E-state index in [4.69, 9.17) is 0 Å². The maximum atomic E-state index is 13.0.